The van der Waals surface area contributed by atoms with Crippen molar-refractivity contribution in [2.24, 2.45) is 0 Å². The molecule has 152 valence electrons. The zero-order valence-corrected chi connectivity index (χ0v) is 16.7. The van der Waals surface area contributed by atoms with Crippen LogP contribution in [0.25, 0.3) is 11.5 Å². The predicted molar refractivity (Wildman–Crippen MR) is 105 cm³/mol. The Hall–Kier alpha value is -3.53. The molecular formula is C20H16N4O5S. The molecule has 1 atom stereocenters. The van der Waals surface area contributed by atoms with Crippen LogP contribution in [0.1, 0.15) is 29.0 Å². The van der Waals surface area contributed by atoms with Crippen LogP contribution in [-0.2, 0) is 20.9 Å². The SMILES string of the molecule is CN1C(=O)c2ccccc2N2C(=O)CCC12C(=O)OCc1noc(-c2ccsc2)n1. The van der Waals surface area contributed by atoms with Gasteiger partial charge in [0.25, 0.3) is 11.8 Å². The van der Waals surface area contributed by atoms with Gasteiger partial charge in [0, 0.05) is 25.3 Å². The summed E-state index contributed by atoms with van der Waals surface area (Å²) >= 11 is 1.50. The number of ether oxygens (including phenoxy) is 1. The number of carbonyl (C=O) groups is 3. The molecule has 10 heteroatoms. The third-order valence-corrected chi connectivity index (χ3v) is 6.12. The van der Waals surface area contributed by atoms with Crippen molar-refractivity contribution in [1.29, 1.82) is 0 Å². The maximum Gasteiger partial charge on any atom is 0.354 e. The van der Waals surface area contributed by atoms with Crippen LogP contribution in [0, 0.1) is 0 Å². The summed E-state index contributed by atoms with van der Waals surface area (Å²) in [6, 6.07) is 8.59. The summed E-state index contributed by atoms with van der Waals surface area (Å²) in [5.74, 6) is -0.759. The standard InChI is InChI=1S/C20H16N4O5S/c1-23-18(26)13-4-2-3-5-14(13)24-16(25)6-8-20(23,24)19(27)28-10-15-21-17(29-22-15)12-7-9-30-11-12/h2-5,7,9,11H,6,8,10H2,1H3. The Morgan fingerprint density at radius 2 is 2.13 bits per heavy atom. The van der Waals surface area contributed by atoms with Crippen LogP contribution >= 0.6 is 11.3 Å². The molecule has 1 unspecified atom stereocenters. The molecule has 1 aromatic carbocycles. The van der Waals surface area contributed by atoms with Gasteiger partial charge >= 0.3 is 5.97 Å². The predicted octanol–water partition coefficient (Wildman–Crippen LogP) is 2.45. The number of nitrogens with zero attached hydrogens (tertiary/aromatic N) is 4. The minimum Gasteiger partial charge on any atom is -0.454 e. The number of hydrogen-bond acceptors (Lipinski definition) is 8. The number of hydrogen-bond donors (Lipinski definition) is 0. The van der Waals surface area contributed by atoms with Crippen LogP contribution < -0.4 is 4.90 Å². The summed E-state index contributed by atoms with van der Waals surface area (Å²) < 4.78 is 10.7. The lowest BCUT2D eigenvalue weighted by Gasteiger charge is -2.46. The molecule has 2 aromatic heterocycles. The number of rotatable bonds is 4. The molecule has 9 nitrogen and oxygen atoms in total. The number of esters is 1. The second-order valence-corrected chi connectivity index (χ2v) is 7.81. The number of likely N-dealkylation sites (N-methyl/N-ethyl adjacent to an activating group) is 1. The van der Waals surface area contributed by atoms with Gasteiger partial charge in [-0.15, -0.1) is 0 Å². The first kappa shape index (κ1) is 18.5. The highest BCUT2D eigenvalue weighted by Gasteiger charge is 2.60. The summed E-state index contributed by atoms with van der Waals surface area (Å²) in [6.07, 6.45) is 0.277. The molecule has 30 heavy (non-hydrogen) atoms. The van der Waals surface area contributed by atoms with Gasteiger partial charge in [-0.3, -0.25) is 14.5 Å². The Bertz CT molecular complexity index is 1160. The van der Waals surface area contributed by atoms with Crippen molar-refractivity contribution < 1.29 is 23.6 Å². The highest BCUT2D eigenvalue weighted by molar-refractivity contribution is 7.08. The molecule has 2 aliphatic rings. The lowest BCUT2D eigenvalue weighted by Crippen LogP contribution is -2.67. The van der Waals surface area contributed by atoms with E-state index in [-0.39, 0.29) is 37.1 Å². The summed E-state index contributed by atoms with van der Waals surface area (Å²) in [5, 5.41) is 7.59. The fraction of sp³-hybridized carbons (Fsp3) is 0.250. The Morgan fingerprint density at radius 3 is 2.93 bits per heavy atom. The van der Waals surface area contributed by atoms with E-state index in [0.717, 1.165) is 5.56 Å². The number of carbonyl (C=O) groups excluding carboxylic acids is 3. The van der Waals surface area contributed by atoms with Gasteiger partial charge in [-0.25, -0.2) is 4.79 Å². The minimum absolute atomic E-state index is 0.131. The summed E-state index contributed by atoms with van der Waals surface area (Å²) in [6.45, 7) is -0.236. The van der Waals surface area contributed by atoms with E-state index < -0.39 is 11.6 Å². The summed E-state index contributed by atoms with van der Waals surface area (Å²) in [7, 11) is 1.51. The van der Waals surface area contributed by atoms with Crippen molar-refractivity contribution >= 4 is 34.8 Å². The second kappa shape index (κ2) is 6.77. The van der Waals surface area contributed by atoms with E-state index in [4.69, 9.17) is 9.26 Å². The van der Waals surface area contributed by atoms with Gasteiger partial charge in [0.15, 0.2) is 6.61 Å². The van der Waals surface area contributed by atoms with Gasteiger partial charge < -0.3 is 14.2 Å². The lowest BCUT2D eigenvalue weighted by atomic mass is 9.97. The Balaban J connectivity index is 1.43. The number of benzene rings is 1. The van der Waals surface area contributed by atoms with E-state index in [1.54, 1.807) is 24.3 Å². The first-order valence-corrected chi connectivity index (χ1v) is 10.2. The van der Waals surface area contributed by atoms with Gasteiger partial charge in [0.05, 0.1) is 16.8 Å². The third kappa shape index (κ3) is 2.57. The molecule has 3 aromatic rings. The molecular weight excluding hydrogens is 408 g/mol. The van der Waals surface area contributed by atoms with Crippen molar-refractivity contribution in [3.63, 3.8) is 0 Å². The average molecular weight is 424 g/mol. The Kier molecular flexibility index (Phi) is 4.17. The van der Waals surface area contributed by atoms with Crippen molar-refractivity contribution in [1.82, 2.24) is 15.0 Å². The molecule has 1 fully saturated rings. The topological polar surface area (TPSA) is 106 Å². The van der Waals surface area contributed by atoms with E-state index in [2.05, 4.69) is 10.1 Å². The van der Waals surface area contributed by atoms with E-state index >= 15 is 0 Å². The van der Waals surface area contributed by atoms with Crippen molar-refractivity contribution in [3.05, 3.63) is 52.5 Å². The molecule has 1 saturated heterocycles. The summed E-state index contributed by atoms with van der Waals surface area (Å²) in [5.41, 5.74) is 0.0460. The maximum atomic E-state index is 13.2. The maximum absolute atomic E-state index is 13.2. The van der Waals surface area contributed by atoms with Crippen LogP contribution in [0.2, 0.25) is 0 Å². The van der Waals surface area contributed by atoms with Gasteiger partial charge in [-0.2, -0.15) is 16.3 Å². The van der Waals surface area contributed by atoms with Crippen LogP contribution in [0.15, 0.2) is 45.6 Å². The number of anilines is 1. The monoisotopic (exact) mass is 424 g/mol. The van der Waals surface area contributed by atoms with Crippen LogP contribution in [0.5, 0.6) is 0 Å². The molecule has 0 spiro atoms. The van der Waals surface area contributed by atoms with E-state index in [1.165, 1.54) is 28.2 Å². The van der Waals surface area contributed by atoms with E-state index in [0.29, 0.717) is 17.1 Å². The Labute approximate surface area is 174 Å². The quantitative estimate of drug-likeness (QED) is 0.592. The zero-order chi connectivity index (χ0) is 20.9. The molecule has 0 aliphatic carbocycles. The Morgan fingerprint density at radius 1 is 1.30 bits per heavy atom. The van der Waals surface area contributed by atoms with Gasteiger partial charge in [-0.05, 0) is 23.6 Å². The van der Waals surface area contributed by atoms with Crippen molar-refractivity contribution in [2.45, 2.75) is 25.1 Å². The van der Waals surface area contributed by atoms with Crippen LogP contribution in [0.4, 0.5) is 5.69 Å². The molecule has 4 heterocycles. The molecule has 5 rings (SSSR count). The number of amides is 2. The summed E-state index contributed by atoms with van der Waals surface area (Å²) in [4.78, 5) is 45.7. The van der Waals surface area contributed by atoms with Crippen LogP contribution in [0.3, 0.4) is 0 Å². The van der Waals surface area contributed by atoms with Gasteiger partial charge in [-0.1, -0.05) is 17.3 Å². The molecule has 0 bridgehead atoms. The van der Waals surface area contributed by atoms with Crippen molar-refractivity contribution in [2.75, 3.05) is 11.9 Å². The zero-order valence-electron chi connectivity index (χ0n) is 15.9. The smallest absolute Gasteiger partial charge is 0.354 e. The van der Waals surface area contributed by atoms with E-state index in [1.807, 2.05) is 16.8 Å². The lowest BCUT2D eigenvalue weighted by molar-refractivity contribution is -0.158. The first-order valence-electron chi connectivity index (χ1n) is 9.25. The number of fused-ring (bicyclic) bond motifs is 3. The average Bonchev–Trinajstić information content (AvgIpc) is 3.50. The molecule has 2 amide bonds. The molecule has 0 radical (unpaired) electrons. The number of aromatic nitrogens is 2. The fourth-order valence-electron chi connectivity index (χ4n) is 3.95. The third-order valence-electron chi connectivity index (χ3n) is 5.44. The molecule has 0 saturated carbocycles. The fourth-order valence-corrected chi connectivity index (χ4v) is 4.58. The highest BCUT2D eigenvalue weighted by Crippen LogP contribution is 2.44. The number of para-hydroxylation sites is 1. The largest absolute Gasteiger partial charge is 0.454 e. The van der Waals surface area contributed by atoms with E-state index in [9.17, 15) is 14.4 Å². The first-order chi connectivity index (χ1) is 14.5. The molecule has 0 N–H and O–H groups in total. The van der Waals surface area contributed by atoms with Gasteiger partial charge in [0.1, 0.15) is 0 Å². The van der Waals surface area contributed by atoms with Crippen molar-refractivity contribution in [3.8, 4) is 11.5 Å². The van der Waals surface area contributed by atoms with Crippen LogP contribution in [-0.4, -0.2) is 45.5 Å². The minimum atomic E-state index is -1.53. The molecule has 2 aliphatic heterocycles. The second-order valence-electron chi connectivity index (χ2n) is 7.03. The normalized spacial score (nSPS) is 20.3. The highest BCUT2D eigenvalue weighted by atomic mass is 32.1. The van der Waals surface area contributed by atoms with Gasteiger partial charge in [0.2, 0.25) is 17.4 Å². The number of thiophene rings is 1.